The van der Waals surface area contributed by atoms with Crippen molar-refractivity contribution < 1.29 is 39.2 Å². The molecule has 16 heteroatoms. The van der Waals surface area contributed by atoms with Crippen LogP contribution < -0.4 is 10.6 Å². The van der Waals surface area contributed by atoms with Gasteiger partial charge in [-0.05, 0) is 73.9 Å². The Hall–Kier alpha value is -4.45. The molecule has 0 saturated carbocycles. The van der Waals surface area contributed by atoms with Crippen LogP contribution in [0.2, 0.25) is 0 Å². The first kappa shape index (κ1) is 42.3. The number of nitrogens with one attached hydrogen (secondary N) is 2. The summed E-state index contributed by atoms with van der Waals surface area (Å²) in [6.07, 6.45) is 1.45. The minimum atomic E-state index is -1.03. The number of hydrogen-bond donors (Lipinski definition) is 5. The molecule has 4 rings (SSSR count). The zero-order chi connectivity index (χ0) is 38.9. The molecule has 5 N–H and O–H groups in total. The normalized spacial score (nSPS) is 15.8. The van der Waals surface area contributed by atoms with Crippen molar-refractivity contribution in [1.82, 2.24) is 25.0 Å². The number of anilines is 1. The number of thioether (sulfide) groups is 1. The van der Waals surface area contributed by atoms with Crippen LogP contribution in [0.4, 0.5) is 5.69 Å². The molecule has 290 valence electrons. The van der Waals surface area contributed by atoms with Gasteiger partial charge in [0.25, 0.3) is 0 Å². The fourth-order valence-corrected chi connectivity index (χ4v) is 6.89. The highest BCUT2D eigenvalue weighted by atomic mass is 32.2. The van der Waals surface area contributed by atoms with E-state index in [1.54, 1.807) is 26.8 Å². The van der Waals surface area contributed by atoms with E-state index in [2.05, 4.69) is 10.6 Å². The SMILES string of the molecule is Cc1ccc(SC(=O)CCOCCCNC(=S)Nc2ccc(CC3CN(CC(=O)O)CCN(CC(=O)O)Cc4cccc(n4)CN3CC(=O)O)cc2)cc1. The van der Waals surface area contributed by atoms with Crippen LogP contribution in [0.5, 0.6) is 0 Å². The van der Waals surface area contributed by atoms with E-state index < -0.39 is 23.9 Å². The first-order valence-electron chi connectivity index (χ1n) is 17.7. The molecule has 2 bridgehead atoms. The molecule has 3 aromatic rings. The highest BCUT2D eigenvalue weighted by Crippen LogP contribution is 2.21. The molecule has 0 amide bonds. The Morgan fingerprint density at radius 3 is 2.19 bits per heavy atom. The fourth-order valence-electron chi connectivity index (χ4n) is 5.95. The number of benzene rings is 2. The summed E-state index contributed by atoms with van der Waals surface area (Å²) in [6.45, 7) is 3.89. The third kappa shape index (κ3) is 15.9. The summed E-state index contributed by atoms with van der Waals surface area (Å²) >= 11 is 6.69. The number of ether oxygens (including phenoxy) is 1. The number of pyridine rings is 1. The summed E-state index contributed by atoms with van der Waals surface area (Å²) in [6, 6.07) is 20.4. The molecule has 0 saturated heterocycles. The predicted molar refractivity (Wildman–Crippen MR) is 210 cm³/mol. The Bertz CT molecular complexity index is 1710. The molecule has 1 aromatic heterocycles. The largest absolute Gasteiger partial charge is 0.480 e. The van der Waals surface area contributed by atoms with Crippen LogP contribution >= 0.6 is 24.0 Å². The van der Waals surface area contributed by atoms with E-state index in [1.165, 1.54) is 11.8 Å². The van der Waals surface area contributed by atoms with Gasteiger partial charge in [-0.2, -0.15) is 0 Å². The zero-order valence-electron chi connectivity index (χ0n) is 30.3. The Kier molecular flexibility index (Phi) is 17.3. The summed E-state index contributed by atoms with van der Waals surface area (Å²) < 4.78 is 5.63. The average Bonchev–Trinajstić information content (AvgIpc) is 3.10. The predicted octanol–water partition coefficient (Wildman–Crippen LogP) is 3.58. The van der Waals surface area contributed by atoms with Gasteiger partial charge in [-0.25, -0.2) is 0 Å². The number of carbonyl (C=O) groups is 4. The van der Waals surface area contributed by atoms with Crippen LogP contribution in [-0.2, 0) is 43.4 Å². The molecular weight excluding hydrogens is 733 g/mol. The molecule has 0 fully saturated rings. The van der Waals surface area contributed by atoms with Crippen LogP contribution in [0, 0.1) is 6.92 Å². The summed E-state index contributed by atoms with van der Waals surface area (Å²) in [7, 11) is 0. The van der Waals surface area contributed by atoms with E-state index in [1.807, 2.05) is 61.5 Å². The number of hydrogen-bond acceptors (Lipinski definition) is 11. The number of aliphatic carboxylic acids is 3. The number of nitrogens with zero attached hydrogens (tertiary/aromatic N) is 4. The van der Waals surface area contributed by atoms with Crippen LogP contribution in [0.1, 0.15) is 35.4 Å². The van der Waals surface area contributed by atoms with E-state index in [9.17, 15) is 34.5 Å². The summed E-state index contributed by atoms with van der Waals surface area (Å²) in [5.74, 6) is -3.05. The maximum atomic E-state index is 12.2. The quantitative estimate of drug-likeness (QED) is 0.0760. The van der Waals surface area contributed by atoms with Gasteiger partial charge in [-0.1, -0.05) is 47.7 Å². The number of aromatic nitrogens is 1. The fraction of sp³-hybridized carbons (Fsp3) is 0.421. The molecule has 14 nitrogen and oxygen atoms in total. The first-order chi connectivity index (χ1) is 25.9. The zero-order valence-corrected chi connectivity index (χ0v) is 31.9. The van der Waals surface area contributed by atoms with E-state index in [0.717, 1.165) is 21.7 Å². The second-order valence-electron chi connectivity index (χ2n) is 13.1. The summed E-state index contributed by atoms with van der Waals surface area (Å²) in [4.78, 5) is 58.6. The molecule has 1 atom stereocenters. The summed E-state index contributed by atoms with van der Waals surface area (Å²) in [5, 5.41) is 35.9. The van der Waals surface area contributed by atoms with Crippen LogP contribution in [0.3, 0.4) is 0 Å². The van der Waals surface area contributed by atoms with Crippen molar-refractivity contribution in [3.63, 3.8) is 0 Å². The molecule has 2 aromatic carbocycles. The number of carboxylic acids is 3. The van der Waals surface area contributed by atoms with Gasteiger partial charge in [0.1, 0.15) is 0 Å². The van der Waals surface area contributed by atoms with Gasteiger partial charge >= 0.3 is 17.9 Å². The molecule has 2 heterocycles. The van der Waals surface area contributed by atoms with Crippen LogP contribution in [0.25, 0.3) is 0 Å². The monoisotopic (exact) mass is 780 g/mol. The summed E-state index contributed by atoms with van der Waals surface area (Å²) in [5.41, 5.74) is 4.09. The van der Waals surface area contributed by atoms with E-state index in [-0.39, 0.29) is 57.5 Å². The van der Waals surface area contributed by atoms with Crippen LogP contribution in [-0.4, -0.2) is 128 Å². The lowest BCUT2D eigenvalue weighted by atomic mass is 10.0. The van der Waals surface area contributed by atoms with Gasteiger partial charge in [-0.15, -0.1) is 0 Å². The Morgan fingerprint density at radius 2 is 1.50 bits per heavy atom. The van der Waals surface area contributed by atoms with E-state index >= 15 is 0 Å². The third-order valence-corrected chi connectivity index (χ3v) is 9.71. The minimum absolute atomic E-state index is 0.0612. The number of fused-ring (bicyclic) bond motifs is 2. The number of carboxylic acid groups (broad SMARTS) is 3. The highest BCUT2D eigenvalue weighted by Gasteiger charge is 2.27. The van der Waals surface area contributed by atoms with Crippen LogP contribution in [0.15, 0.2) is 71.6 Å². The first-order valence-corrected chi connectivity index (χ1v) is 18.9. The number of thiocarbonyl (C=S) groups is 1. The van der Waals surface area contributed by atoms with Gasteiger partial charge in [-0.3, -0.25) is 38.9 Å². The molecule has 1 unspecified atom stereocenters. The molecule has 54 heavy (non-hydrogen) atoms. The van der Waals surface area contributed by atoms with Crippen molar-refractivity contribution in [3.05, 3.63) is 89.2 Å². The number of aryl methyl sites for hydroxylation is 1. The Balaban J connectivity index is 1.31. The Morgan fingerprint density at radius 1 is 0.852 bits per heavy atom. The molecule has 1 aliphatic rings. The standard InChI is InChI=1S/C38H48N6O8S2/c1-27-6-12-33(13-7-27)54-37(51)14-19-52-18-3-15-39-38(53)41-29-10-8-28(9-11-29)20-32-23-43(25-35(47)48)17-16-42(24-34(45)46)21-30-4-2-5-31(40-30)22-44(32)26-36(49)50/h2,4-13,32H,3,14-26H2,1H3,(H,45,46)(H,47,48)(H,49,50)(H2,39,41,53). The lowest BCUT2D eigenvalue weighted by molar-refractivity contribution is -0.141. The van der Waals surface area contributed by atoms with Gasteiger partial charge in [0.2, 0.25) is 0 Å². The van der Waals surface area contributed by atoms with E-state index in [4.69, 9.17) is 21.9 Å². The van der Waals surface area contributed by atoms with Crippen molar-refractivity contribution in [2.24, 2.45) is 0 Å². The second kappa shape index (κ2) is 22.1. The van der Waals surface area contributed by atoms with Crippen molar-refractivity contribution in [2.75, 3.05) is 64.3 Å². The number of rotatable bonds is 17. The van der Waals surface area contributed by atoms with Gasteiger partial charge in [0, 0.05) is 68.9 Å². The lowest BCUT2D eigenvalue weighted by Gasteiger charge is -2.36. The van der Waals surface area contributed by atoms with Crippen molar-refractivity contribution in [2.45, 2.75) is 50.2 Å². The van der Waals surface area contributed by atoms with Crippen molar-refractivity contribution >= 4 is 57.8 Å². The number of carbonyl (C=O) groups excluding carboxylic acids is 1. The molecule has 0 aliphatic carbocycles. The second-order valence-corrected chi connectivity index (χ2v) is 14.6. The Labute approximate surface area is 324 Å². The smallest absolute Gasteiger partial charge is 0.317 e. The van der Waals surface area contributed by atoms with Crippen molar-refractivity contribution in [1.29, 1.82) is 0 Å². The maximum Gasteiger partial charge on any atom is 0.317 e. The highest BCUT2D eigenvalue weighted by molar-refractivity contribution is 8.13. The molecular formula is C38H48N6O8S2. The molecule has 0 spiro atoms. The third-order valence-electron chi connectivity index (χ3n) is 8.53. The van der Waals surface area contributed by atoms with E-state index in [0.29, 0.717) is 55.5 Å². The van der Waals surface area contributed by atoms with Gasteiger partial charge in [0.05, 0.1) is 37.6 Å². The van der Waals surface area contributed by atoms with Gasteiger partial charge in [0.15, 0.2) is 10.2 Å². The lowest BCUT2D eigenvalue weighted by Crippen LogP contribution is -2.50. The van der Waals surface area contributed by atoms with Crippen molar-refractivity contribution in [3.8, 4) is 0 Å². The minimum Gasteiger partial charge on any atom is -0.480 e. The maximum absolute atomic E-state index is 12.2. The molecule has 1 aliphatic heterocycles. The van der Waals surface area contributed by atoms with Gasteiger partial charge < -0.3 is 30.7 Å². The average molecular weight is 781 g/mol. The topological polar surface area (TPSA) is 185 Å². The molecule has 0 radical (unpaired) electrons.